The Labute approximate surface area is 102 Å². The van der Waals surface area contributed by atoms with Crippen LogP contribution in [0.4, 0.5) is 0 Å². The van der Waals surface area contributed by atoms with Gasteiger partial charge in [-0.3, -0.25) is 0 Å². The van der Waals surface area contributed by atoms with Gasteiger partial charge in [0.1, 0.15) is 11.1 Å². The van der Waals surface area contributed by atoms with Gasteiger partial charge in [0.05, 0.1) is 5.56 Å². The van der Waals surface area contributed by atoms with E-state index in [9.17, 15) is 0 Å². The molecular formula is C11H9N3S2. The highest BCUT2D eigenvalue weighted by Crippen LogP contribution is 2.32. The van der Waals surface area contributed by atoms with Crippen LogP contribution < -0.4 is 0 Å². The van der Waals surface area contributed by atoms with Crippen LogP contribution in [0.3, 0.4) is 0 Å². The van der Waals surface area contributed by atoms with Gasteiger partial charge < -0.3 is 0 Å². The lowest BCUT2D eigenvalue weighted by molar-refractivity contribution is 0.983. The second kappa shape index (κ2) is 4.64. The van der Waals surface area contributed by atoms with Crippen molar-refractivity contribution in [3.8, 4) is 6.07 Å². The maximum Gasteiger partial charge on any atom is 0.179 e. The molecule has 0 aliphatic heterocycles. The summed E-state index contributed by atoms with van der Waals surface area (Å²) < 4.78 is 0.873. The molecule has 16 heavy (non-hydrogen) atoms. The predicted molar refractivity (Wildman–Crippen MR) is 64.7 cm³/mol. The molecule has 0 spiro atoms. The molecule has 0 bridgehead atoms. The zero-order valence-electron chi connectivity index (χ0n) is 8.89. The molecule has 0 amide bonds. The molecule has 2 aromatic rings. The molecule has 1 aromatic carbocycles. The summed E-state index contributed by atoms with van der Waals surface area (Å²) in [5.41, 5.74) is 1.78. The number of benzene rings is 1. The highest BCUT2D eigenvalue weighted by atomic mass is 32.2. The van der Waals surface area contributed by atoms with Crippen LogP contribution in [0.5, 0.6) is 0 Å². The van der Waals surface area contributed by atoms with E-state index < -0.39 is 0 Å². The zero-order valence-corrected chi connectivity index (χ0v) is 10.5. The maximum atomic E-state index is 9.03. The lowest BCUT2D eigenvalue weighted by Crippen LogP contribution is -1.83. The molecule has 0 N–H and O–H groups in total. The minimum atomic E-state index is 0.692. The number of nitriles is 1. The normalized spacial score (nSPS) is 10.1. The topological polar surface area (TPSA) is 49.6 Å². The van der Waals surface area contributed by atoms with Gasteiger partial charge in [0.2, 0.25) is 0 Å². The fourth-order valence-corrected chi connectivity index (χ4v) is 3.07. The smallest absolute Gasteiger partial charge is 0.179 e. The molecule has 1 heterocycles. The Bertz CT molecular complexity index is 555. The number of aryl methyl sites for hydroxylation is 2. The third kappa shape index (κ3) is 2.40. The summed E-state index contributed by atoms with van der Waals surface area (Å²) in [4.78, 5) is 0.934. The van der Waals surface area contributed by atoms with Crippen molar-refractivity contribution in [2.24, 2.45) is 0 Å². The van der Waals surface area contributed by atoms with E-state index in [2.05, 4.69) is 16.3 Å². The van der Waals surface area contributed by atoms with Gasteiger partial charge >= 0.3 is 0 Å². The van der Waals surface area contributed by atoms with E-state index in [1.54, 1.807) is 0 Å². The van der Waals surface area contributed by atoms with Gasteiger partial charge in [-0.25, -0.2) is 0 Å². The molecule has 0 unspecified atom stereocenters. The first-order valence-corrected chi connectivity index (χ1v) is 6.31. The average Bonchev–Trinajstić information content (AvgIpc) is 2.67. The molecule has 0 radical (unpaired) electrons. The number of hydrogen-bond donors (Lipinski definition) is 0. The van der Waals surface area contributed by atoms with Crippen molar-refractivity contribution < 1.29 is 0 Å². The average molecular weight is 247 g/mol. The van der Waals surface area contributed by atoms with Gasteiger partial charge in [-0.1, -0.05) is 29.2 Å². The third-order valence-corrected chi connectivity index (χ3v) is 3.93. The first-order valence-electron chi connectivity index (χ1n) is 4.68. The first-order chi connectivity index (χ1) is 7.69. The van der Waals surface area contributed by atoms with Crippen molar-refractivity contribution in [2.75, 3.05) is 0 Å². The van der Waals surface area contributed by atoms with Crippen molar-refractivity contribution in [2.45, 2.75) is 23.1 Å². The van der Waals surface area contributed by atoms with Gasteiger partial charge in [0.25, 0.3) is 0 Å². The summed E-state index contributed by atoms with van der Waals surface area (Å²) in [6.45, 7) is 3.90. The lowest BCUT2D eigenvalue weighted by atomic mass is 10.2. The Hall–Kier alpha value is -1.38. The second-order valence-corrected chi connectivity index (χ2v) is 5.77. The van der Waals surface area contributed by atoms with Crippen LogP contribution >= 0.6 is 23.1 Å². The van der Waals surface area contributed by atoms with E-state index in [4.69, 9.17) is 5.26 Å². The van der Waals surface area contributed by atoms with E-state index in [1.807, 2.05) is 32.0 Å². The summed E-state index contributed by atoms with van der Waals surface area (Å²) in [6.07, 6.45) is 0. The van der Waals surface area contributed by atoms with Gasteiger partial charge in [-0.05, 0) is 31.5 Å². The molecule has 0 saturated carbocycles. The SMILES string of the molecule is Cc1ccc(Sc2nnc(C)s2)c(C#N)c1. The van der Waals surface area contributed by atoms with E-state index in [0.717, 1.165) is 19.8 Å². The molecule has 0 aliphatic carbocycles. The van der Waals surface area contributed by atoms with E-state index >= 15 is 0 Å². The van der Waals surface area contributed by atoms with Crippen LogP contribution in [0.1, 0.15) is 16.1 Å². The minimum absolute atomic E-state index is 0.692. The molecule has 0 atom stereocenters. The highest BCUT2D eigenvalue weighted by molar-refractivity contribution is 8.01. The Morgan fingerprint density at radius 2 is 2.12 bits per heavy atom. The number of rotatable bonds is 2. The van der Waals surface area contributed by atoms with Gasteiger partial charge in [-0.2, -0.15) is 5.26 Å². The fraction of sp³-hybridized carbons (Fsp3) is 0.182. The first kappa shape index (κ1) is 11.1. The number of aromatic nitrogens is 2. The van der Waals surface area contributed by atoms with Gasteiger partial charge in [-0.15, -0.1) is 10.2 Å². The molecule has 0 fully saturated rings. The number of nitrogens with zero attached hydrogens (tertiary/aromatic N) is 3. The van der Waals surface area contributed by atoms with E-state index in [0.29, 0.717) is 5.56 Å². The summed E-state index contributed by atoms with van der Waals surface area (Å²) in [5.74, 6) is 0. The van der Waals surface area contributed by atoms with Crippen LogP contribution in [0, 0.1) is 25.2 Å². The van der Waals surface area contributed by atoms with Gasteiger partial charge in [0, 0.05) is 4.90 Å². The van der Waals surface area contributed by atoms with Crippen molar-refractivity contribution >= 4 is 23.1 Å². The van der Waals surface area contributed by atoms with Gasteiger partial charge in [0.15, 0.2) is 4.34 Å². The van der Waals surface area contributed by atoms with Crippen LogP contribution in [-0.2, 0) is 0 Å². The van der Waals surface area contributed by atoms with Crippen molar-refractivity contribution in [3.05, 3.63) is 34.3 Å². The van der Waals surface area contributed by atoms with Crippen molar-refractivity contribution in [1.29, 1.82) is 5.26 Å². The summed E-state index contributed by atoms with van der Waals surface area (Å²) in [7, 11) is 0. The fourth-order valence-electron chi connectivity index (χ4n) is 1.23. The Morgan fingerprint density at radius 3 is 2.75 bits per heavy atom. The molecule has 80 valence electrons. The quantitative estimate of drug-likeness (QED) is 0.817. The molecule has 3 nitrogen and oxygen atoms in total. The van der Waals surface area contributed by atoms with Crippen LogP contribution in [-0.4, -0.2) is 10.2 Å². The standard InChI is InChI=1S/C11H9N3S2/c1-7-3-4-10(9(5-7)6-12)16-11-14-13-8(2)15-11/h3-5H,1-2H3. The van der Waals surface area contributed by atoms with Crippen LogP contribution in [0.15, 0.2) is 27.4 Å². The maximum absolute atomic E-state index is 9.03. The molecule has 0 aliphatic rings. The molecule has 2 rings (SSSR count). The van der Waals surface area contributed by atoms with Crippen LogP contribution in [0.25, 0.3) is 0 Å². The van der Waals surface area contributed by atoms with E-state index in [-0.39, 0.29) is 0 Å². The summed E-state index contributed by atoms with van der Waals surface area (Å²) in [5, 5.41) is 17.9. The van der Waals surface area contributed by atoms with E-state index in [1.165, 1.54) is 23.1 Å². The summed E-state index contributed by atoms with van der Waals surface area (Å²) in [6, 6.07) is 8.03. The Morgan fingerprint density at radius 1 is 1.31 bits per heavy atom. The summed E-state index contributed by atoms with van der Waals surface area (Å²) >= 11 is 3.03. The predicted octanol–water partition coefficient (Wildman–Crippen LogP) is 3.18. The monoisotopic (exact) mass is 247 g/mol. The zero-order chi connectivity index (χ0) is 11.5. The largest absolute Gasteiger partial charge is 0.192 e. The molecule has 0 saturated heterocycles. The Kier molecular flexibility index (Phi) is 3.22. The minimum Gasteiger partial charge on any atom is -0.192 e. The number of hydrogen-bond acceptors (Lipinski definition) is 5. The van der Waals surface area contributed by atoms with Crippen molar-refractivity contribution in [1.82, 2.24) is 10.2 Å². The molecule has 5 heteroatoms. The highest BCUT2D eigenvalue weighted by Gasteiger charge is 2.07. The Balaban J connectivity index is 2.31. The third-order valence-electron chi connectivity index (χ3n) is 1.96. The molecule has 1 aromatic heterocycles. The lowest BCUT2D eigenvalue weighted by Gasteiger charge is -2.01. The van der Waals surface area contributed by atoms with Crippen molar-refractivity contribution in [3.63, 3.8) is 0 Å². The second-order valence-electron chi connectivity index (χ2n) is 3.30. The van der Waals surface area contributed by atoms with Crippen LogP contribution in [0.2, 0.25) is 0 Å². The molecular weight excluding hydrogens is 238 g/mol.